The number of imidazole rings is 1. The number of aryl methyl sites for hydroxylation is 1. The number of carbonyl (C=O) groups excluding carboxylic acids is 1. The van der Waals surface area contributed by atoms with Crippen molar-refractivity contribution in [2.45, 2.75) is 57.9 Å². The van der Waals surface area contributed by atoms with Crippen LogP contribution in [-0.4, -0.2) is 31.2 Å². The van der Waals surface area contributed by atoms with Crippen molar-refractivity contribution in [1.82, 2.24) is 30.6 Å². The van der Waals surface area contributed by atoms with Crippen molar-refractivity contribution in [3.63, 3.8) is 0 Å². The number of H-pyrrole nitrogens is 1. The topological polar surface area (TPSA) is 119 Å². The van der Waals surface area contributed by atoms with E-state index < -0.39 is 11.9 Å². The number of rotatable bonds is 6. The lowest BCUT2D eigenvalue weighted by atomic mass is 9.85. The summed E-state index contributed by atoms with van der Waals surface area (Å²) >= 11 is 0. The number of ether oxygens (including phenoxy) is 1. The summed E-state index contributed by atoms with van der Waals surface area (Å²) in [7, 11) is 0. The molecule has 1 amide bonds. The number of nitrogens with zero attached hydrogens (tertiary/aromatic N) is 4. The molecule has 0 aliphatic heterocycles. The molecule has 1 atom stereocenters. The van der Waals surface area contributed by atoms with Gasteiger partial charge in [0.15, 0.2) is 11.6 Å². The predicted molar refractivity (Wildman–Crippen MR) is 125 cm³/mol. The minimum Gasteiger partial charge on any atom is -0.452 e. The summed E-state index contributed by atoms with van der Waals surface area (Å²) in [5.74, 6) is 0.231. The Balaban J connectivity index is 1.48. The van der Waals surface area contributed by atoms with Crippen LogP contribution in [0.5, 0.6) is 11.5 Å². The Hall–Kier alpha value is -3.82. The van der Waals surface area contributed by atoms with Crippen molar-refractivity contribution < 1.29 is 18.4 Å². The van der Waals surface area contributed by atoms with Gasteiger partial charge in [-0.05, 0) is 37.8 Å². The molecule has 4 aromatic rings. The van der Waals surface area contributed by atoms with Crippen molar-refractivity contribution >= 4 is 16.9 Å². The molecule has 9 nitrogen and oxygen atoms in total. The fourth-order valence-electron chi connectivity index (χ4n) is 4.69. The zero-order valence-corrected chi connectivity index (χ0v) is 19.5. The third-order valence-corrected chi connectivity index (χ3v) is 6.56. The van der Waals surface area contributed by atoms with Crippen LogP contribution in [0.25, 0.3) is 11.0 Å². The molecule has 35 heavy (non-hydrogen) atoms. The number of nitrogens with one attached hydrogen (secondary N) is 2. The molecule has 1 saturated carbocycles. The van der Waals surface area contributed by atoms with Gasteiger partial charge in [-0.25, -0.2) is 9.37 Å². The first-order valence-corrected chi connectivity index (χ1v) is 11.9. The maximum Gasteiger partial charge on any atom is 0.257 e. The maximum absolute atomic E-state index is 15.4. The first-order chi connectivity index (χ1) is 17.1. The lowest BCUT2D eigenvalue weighted by Gasteiger charge is -2.28. The van der Waals surface area contributed by atoms with E-state index in [1.54, 1.807) is 25.1 Å². The number of halogens is 1. The van der Waals surface area contributed by atoms with E-state index in [2.05, 4.69) is 30.6 Å². The van der Waals surface area contributed by atoms with Crippen molar-refractivity contribution in [2.75, 3.05) is 0 Å². The number of amides is 1. The van der Waals surface area contributed by atoms with Gasteiger partial charge >= 0.3 is 0 Å². The second-order valence-electron chi connectivity index (χ2n) is 8.95. The van der Waals surface area contributed by atoms with Gasteiger partial charge in [-0.3, -0.25) is 4.79 Å². The molecule has 1 aliphatic carbocycles. The van der Waals surface area contributed by atoms with Gasteiger partial charge in [0.05, 0.1) is 29.6 Å². The van der Waals surface area contributed by atoms with E-state index in [1.807, 2.05) is 0 Å². The molecule has 1 aliphatic rings. The van der Waals surface area contributed by atoms with E-state index in [-0.39, 0.29) is 23.1 Å². The van der Waals surface area contributed by atoms with Gasteiger partial charge in [0.2, 0.25) is 0 Å². The Morgan fingerprint density at radius 3 is 2.69 bits per heavy atom. The minimum absolute atomic E-state index is 0.0372. The number of aromatic amines is 1. The summed E-state index contributed by atoms with van der Waals surface area (Å²) < 4.78 is 26.0. The minimum atomic E-state index is -0.584. The van der Waals surface area contributed by atoms with Gasteiger partial charge in [-0.15, -0.1) is 0 Å². The molecule has 2 N–H and O–H groups in total. The third-order valence-electron chi connectivity index (χ3n) is 6.56. The average molecular weight is 479 g/mol. The SMILES string of the molecule is Cc1nocc1C(=O)NC(c1nc2c(F)c(Oc3ccnnc3)ccc2[nH]1)C1CCCCCCC1. The fraction of sp³-hybridized carbons (Fsp3) is 0.400. The molecule has 3 aromatic heterocycles. The largest absolute Gasteiger partial charge is 0.452 e. The summed E-state index contributed by atoms with van der Waals surface area (Å²) in [4.78, 5) is 20.9. The molecule has 182 valence electrons. The number of fused-ring (bicyclic) bond motifs is 1. The zero-order chi connectivity index (χ0) is 24.2. The van der Waals surface area contributed by atoms with Crippen LogP contribution in [0.4, 0.5) is 4.39 Å². The van der Waals surface area contributed by atoms with E-state index in [9.17, 15) is 4.79 Å². The van der Waals surface area contributed by atoms with Crippen LogP contribution >= 0.6 is 0 Å². The van der Waals surface area contributed by atoms with Crippen LogP contribution in [0.3, 0.4) is 0 Å². The summed E-state index contributed by atoms with van der Waals surface area (Å²) in [6.07, 6.45) is 11.9. The highest BCUT2D eigenvalue weighted by molar-refractivity contribution is 5.95. The van der Waals surface area contributed by atoms with Gasteiger partial charge in [0.1, 0.15) is 28.9 Å². The predicted octanol–water partition coefficient (Wildman–Crippen LogP) is 5.41. The highest BCUT2D eigenvalue weighted by atomic mass is 19.1. The molecule has 1 fully saturated rings. The van der Waals surface area contributed by atoms with Crippen molar-refractivity contribution in [2.24, 2.45) is 5.92 Å². The van der Waals surface area contributed by atoms with Gasteiger partial charge in [-0.1, -0.05) is 37.3 Å². The van der Waals surface area contributed by atoms with Gasteiger partial charge in [-0.2, -0.15) is 10.2 Å². The van der Waals surface area contributed by atoms with Gasteiger partial charge in [0.25, 0.3) is 5.91 Å². The summed E-state index contributed by atoms with van der Waals surface area (Å²) in [5.41, 5.74) is 1.58. The monoisotopic (exact) mass is 478 g/mol. The first-order valence-electron chi connectivity index (χ1n) is 11.9. The maximum atomic E-state index is 15.4. The van der Waals surface area contributed by atoms with E-state index in [0.29, 0.717) is 28.3 Å². The first kappa shape index (κ1) is 22.9. The molecule has 3 heterocycles. The molecule has 5 rings (SSSR count). The van der Waals surface area contributed by atoms with Crippen LogP contribution in [0.2, 0.25) is 0 Å². The van der Waals surface area contributed by atoms with Crippen molar-refractivity contribution in [3.05, 3.63) is 59.8 Å². The normalized spacial score (nSPS) is 15.9. The molecular formula is C25H27FN6O3. The quantitative estimate of drug-likeness (QED) is 0.380. The number of aromatic nitrogens is 5. The van der Waals surface area contributed by atoms with E-state index >= 15 is 4.39 Å². The number of carbonyl (C=O) groups is 1. The van der Waals surface area contributed by atoms with E-state index in [4.69, 9.17) is 9.26 Å². The molecular weight excluding hydrogens is 451 g/mol. The number of benzene rings is 1. The molecule has 0 bridgehead atoms. The molecule has 1 unspecified atom stereocenters. The smallest absolute Gasteiger partial charge is 0.257 e. The summed E-state index contributed by atoms with van der Waals surface area (Å²) in [6, 6.07) is 4.46. The van der Waals surface area contributed by atoms with E-state index in [1.165, 1.54) is 37.9 Å². The third kappa shape index (κ3) is 5.01. The standard InChI is InChI=1S/C25H27FN6O3/c1-15-18(14-34-32-15)25(33)31-22(16-7-5-3-2-4-6-8-16)24-29-19-9-10-20(21(26)23(19)30-24)35-17-11-12-27-28-13-17/h9-14,16,22H,2-8H2,1H3,(H,29,30)(H,31,33). The molecule has 0 saturated heterocycles. The second-order valence-corrected chi connectivity index (χ2v) is 8.95. The van der Waals surface area contributed by atoms with Crippen LogP contribution in [0, 0.1) is 18.7 Å². The highest BCUT2D eigenvalue weighted by Gasteiger charge is 2.30. The highest BCUT2D eigenvalue weighted by Crippen LogP contribution is 2.35. The number of hydrogen-bond donors (Lipinski definition) is 2. The Bertz CT molecular complexity index is 1300. The zero-order valence-electron chi connectivity index (χ0n) is 19.5. The van der Waals surface area contributed by atoms with Crippen LogP contribution in [0.1, 0.15) is 72.9 Å². The molecule has 1 aromatic carbocycles. The Labute approximate surface area is 201 Å². The Morgan fingerprint density at radius 2 is 1.97 bits per heavy atom. The molecule has 10 heteroatoms. The van der Waals surface area contributed by atoms with Crippen molar-refractivity contribution in [3.8, 4) is 11.5 Å². The van der Waals surface area contributed by atoms with Crippen LogP contribution in [0.15, 0.2) is 41.4 Å². The van der Waals surface area contributed by atoms with Gasteiger partial charge in [0, 0.05) is 6.07 Å². The molecule has 0 radical (unpaired) electrons. The Morgan fingerprint density at radius 1 is 1.17 bits per heavy atom. The summed E-state index contributed by atoms with van der Waals surface area (Å²) in [5, 5.41) is 14.4. The average Bonchev–Trinajstić information content (AvgIpc) is 3.47. The summed E-state index contributed by atoms with van der Waals surface area (Å²) in [6.45, 7) is 1.72. The van der Waals surface area contributed by atoms with E-state index in [0.717, 1.165) is 25.7 Å². The lowest BCUT2D eigenvalue weighted by Crippen LogP contribution is -2.35. The second kappa shape index (κ2) is 10.2. The fourth-order valence-corrected chi connectivity index (χ4v) is 4.69. The number of hydrogen-bond acceptors (Lipinski definition) is 7. The van der Waals surface area contributed by atoms with Gasteiger partial charge < -0.3 is 19.6 Å². The van der Waals surface area contributed by atoms with Crippen LogP contribution in [-0.2, 0) is 0 Å². The molecule has 0 spiro atoms. The van der Waals surface area contributed by atoms with Crippen molar-refractivity contribution in [1.29, 1.82) is 0 Å². The van der Waals surface area contributed by atoms with Crippen LogP contribution < -0.4 is 10.1 Å². The lowest BCUT2D eigenvalue weighted by molar-refractivity contribution is 0.0911. The Kier molecular flexibility index (Phi) is 6.69.